The van der Waals surface area contributed by atoms with Crippen molar-refractivity contribution in [2.75, 3.05) is 26.9 Å². The Morgan fingerprint density at radius 1 is 1.02 bits per heavy atom. The van der Waals surface area contributed by atoms with E-state index in [0.29, 0.717) is 51.5 Å². The first-order chi connectivity index (χ1) is 20.2. The molecular formula is C32H34BrN3O6. The van der Waals surface area contributed by atoms with Crippen LogP contribution in [0.25, 0.3) is 22.3 Å². The predicted molar refractivity (Wildman–Crippen MR) is 167 cm³/mol. The highest BCUT2D eigenvalue weighted by atomic mass is 79.9. The summed E-state index contributed by atoms with van der Waals surface area (Å²) in [6.07, 6.45) is 1.56. The zero-order chi connectivity index (χ0) is 30.4. The minimum absolute atomic E-state index is 0.183. The second-order valence-electron chi connectivity index (χ2n) is 9.73. The third-order valence-electron chi connectivity index (χ3n) is 6.52. The predicted octanol–water partition coefficient (Wildman–Crippen LogP) is 6.49. The van der Waals surface area contributed by atoms with Crippen LogP contribution < -0.4 is 19.8 Å². The largest absolute Gasteiger partial charge is 0.494 e. The fraction of sp³-hybridized carbons (Fsp3) is 0.312. The normalized spacial score (nSPS) is 11.3. The van der Waals surface area contributed by atoms with E-state index in [4.69, 9.17) is 19.2 Å². The van der Waals surface area contributed by atoms with Crippen molar-refractivity contribution in [2.24, 2.45) is 5.10 Å². The first-order valence-corrected chi connectivity index (χ1v) is 14.5. The molecule has 4 rings (SSSR count). The molecule has 1 heterocycles. The monoisotopic (exact) mass is 635 g/mol. The maximum Gasteiger partial charge on any atom is 0.343 e. The second kappa shape index (κ2) is 13.7. The molecule has 220 valence electrons. The van der Waals surface area contributed by atoms with Crippen molar-refractivity contribution in [1.82, 2.24) is 9.66 Å². The van der Waals surface area contributed by atoms with E-state index in [1.807, 2.05) is 45.0 Å². The van der Waals surface area contributed by atoms with Crippen LogP contribution in [-0.4, -0.2) is 48.8 Å². The zero-order valence-corrected chi connectivity index (χ0v) is 26.1. The van der Waals surface area contributed by atoms with Crippen LogP contribution >= 0.6 is 15.9 Å². The van der Waals surface area contributed by atoms with E-state index in [-0.39, 0.29) is 18.1 Å². The molecule has 10 heteroatoms. The van der Waals surface area contributed by atoms with Gasteiger partial charge in [-0.15, -0.1) is 0 Å². The number of nitrogens with zero attached hydrogens (tertiary/aromatic N) is 3. The number of fused-ring (bicyclic) bond motifs is 1. The maximum atomic E-state index is 13.8. The van der Waals surface area contributed by atoms with Gasteiger partial charge < -0.3 is 18.9 Å². The quantitative estimate of drug-likeness (QED) is 0.137. The summed E-state index contributed by atoms with van der Waals surface area (Å²) in [4.78, 5) is 30.3. The van der Waals surface area contributed by atoms with Crippen LogP contribution in [0.3, 0.4) is 0 Å². The summed E-state index contributed by atoms with van der Waals surface area (Å²) in [5.41, 5.74) is 3.60. The Morgan fingerprint density at radius 2 is 1.71 bits per heavy atom. The molecule has 0 aliphatic heterocycles. The van der Waals surface area contributed by atoms with Gasteiger partial charge in [0.25, 0.3) is 5.56 Å². The molecule has 0 radical (unpaired) electrons. The number of rotatable bonds is 11. The lowest BCUT2D eigenvalue weighted by Crippen LogP contribution is -2.21. The smallest absolute Gasteiger partial charge is 0.343 e. The summed E-state index contributed by atoms with van der Waals surface area (Å²) in [7, 11) is 1.29. The Morgan fingerprint density at radius 3 is 2.40 bits per heavy atom. The highest BCUT2D eigenvalue weighted by Crippen LogP contribution is 2.35. The van der Waals surface area contributed by atoms with Gasteiger partial charge in [-0.3, -0.25) is 4.79 Å². The molecule has 4 aromatic rings. The van der Waals surface area contributed by atoms with E-state index in [9.17, 15) is 9.59 Å². The number of hydrogen-bond donors (Lipinski definition) is 0. The minimum Gasteiger partial charge on any atom is -0.494 e. The lowest BCUT2D eigenvalue weighted by molar-refractivity contribution is -0.142. The second-order valence-corrected chi connectivity index (χ2v) is 10.6. The van der Waals surface area contributed by atoms with Gasteiger partial charge in [0.05, 0.1) is 37.4 Å². The van der Waals surface area contributed by atoms with E-state index >= 15 is 0 Å². The van der Waals surface area contributed by atoms with Gasteiger partial charge in [-0.25, -0.2) is 9.78 Å². The molecule has 0 amide bonds. The van der Waals surface area contributed by atoms with Crippen molar-refractivity contribution < 1.29 is 23.7 Å². The Labute approximate surface area is 253 Å². The third-order valence-corrected chi connectivity index (χ3v) is 7.21. The van der Waals surface area contributed by atoms with Crippen molar-refractivity contribution in [1.29, 1.82) is 0 Å². The molecular weight excluding hydrogens is 602 g/mol. The lowest BCUT2D eigenvalue weighted by Gasteiger charge is -2.18. The van der Waals surface area contributed by atoms with Crippen LogP contribution in [-0.2, 0) is 9.53 Å². The van der Waals surface area contributed by atoms with Crippen LogP contribution in [0.4, 0.5) is 0 Å². The van der Waals surface area contributed by atoms with Crippen LogP contribution in [0, 0.1) is 6.92 Å². The summed E-state index contributed by atoms with van der Waals surface area (Å²) in [6, 6.07) is 14.6. The number of hydrogen-bond acceptors (Lipinski definition) is 8. The summed E-state index contributed by atoms with van der Waals surface area (Å²) >= 11 is 3.55. The molecule has 0 fully saturated rings. The number of aromatic nitrogens is 2. The number of methoxy groups -OCH3 is 1. The van der Waals surface area contributed by atoms with Gasteiger partial charge in [-0.2, -0.15) is 9.78 Å². The van der Waals surface area contributed by atoms with E-state index in [0.717, 1.165) is 22.4 Å². The number of carbonyl (C=O) groups excluding carboxylic acids is 1. The van der Waals surface area contributed by atoms with Gasteiger partial charge in [0, 0.05) is 15.6 Å². The van der Waals surface area contributed by atoms with Gasteiger partial charge >= 0.3 is 5.97 Å². The number of benzene rings is 3. The first-order valence-electron chi connectivity index (χ1n) is 13.7. The highest BCUT2D eigenvalue weighted by molar-refractivity contribution is 9.10. The molecule has 0 aliphatic rings. The van der Waals surface area contributed by atoms with Crippen LogP contribution in [0.2, 0.25) is 0 Å². The summed E-state index contributed by atoms with van der Waals surface area (Å²) in [5, 5.41) is 5.09. The van der Waals surface area contributed by atoms with Crippen molar-refractivity contribution in [2.45, 2.75) is 40.5 Å². The Balaban J connectivity index is 1.88. The molecule has 0 saturated carbocycles. The van der Waals surface area contributed by atoms with Gasteiger partial charge in [0.1, 0.15) is 5.75 Å². The van der Waals surface area contributed by atoms with Gasteiger partial charge in [0.2, 0.25) is 0 Å². The molecule has 0 atom stereocenters. The Hall–Kier alpha value is -4.18. The van der Waals surface area contributed by atoms with Gasteiger partial charge in [-0.1, -0.05) is 26.0 Å². The van der Waals surface area contributed by atoms with Crippen LogP contribution in [0.1, 0.15) is 50.3 Å². The minimum atomic E-state index is -0.514. The number of esters is 1. The molecule has 1 aromatic heterocycles. The van der Waals surface area contributed by atoms with E-state index in [1.165, 1.54) is 11.8 Å². The van der Waals surface area contributed by atoms with Crippen LogP contribution in [0.15, 0.2) is 62.9 Å². The molecule has 0 saturated heterocycles. The number of ether oxygens (including phenoxy) is 4. The molecule has 0 aliphatic carbocycles. The number of aryl methyl sites for hydroxylation is 1. The standard InChI is InChI=1S/C32H34BrN3O6/c1-7-40-27-13-20(5)24(15-23(27)19(3)4)31-35-26-12-10-9-11-22(26)32(38)36(31)34-17-21-14-28(41-8-2)29(16-25(21)33)42-18-30(37)39-6/h9-17,19H,7-8,18H2,1-6H3. The molecule has 42 heavy (non-hydrogen) atoms. The molecule has 0 spiro atoms. The molecule has 9 nitrogen and oxygen atoms in total. The van der Waals surface area contributed by atoms with Crippen molar-refractivity contribution in [3.63, 3.8) is 0 Å². The highest BCUT2D eigenvalue weighted by Gasteiger charge is 2.19. The Kier molecular flexibility index (Phi) is 10.0. The molecule has 0 N–H and O–H groups in total. The summed E-state index contributed by atoms with van der Waals surface area (Å²) < 4.78 is 23.9. The molecule has 0 unspecified atom stereocenters. The van der Waals surface area contributed by atoms with E-state index < -0.39 is 5.97 Å². The van der Waals surface area contributed by atoms with Crippen molar-refractivity contribution in [3.8, 4) is 28.6 Å². The summed E-state index contributed by atoms with van der Waals surface area (Å²) in [6.45, 7) is 10.6. The first kappa shape index (κ1) is 30.8. The average Bonchev–Trinajstić information content (AvgIpc) is 2.97. The van der Waals surface area contributed by atoms with Crippen molar-refractivity contribution >= 4 is 39.0 Å². The van der Waals surface area contributed by atoms with Crippen molar-refractivity contribution in [3.05, 3.63) is 80.0 Å². The topological polar surface area (TPSA) is 101 Å². The van der Waals surface area contributed by atoms with Crippen LogP contribution in [0.5, 0.6) is 17.2 Å². The lowest BCUT2D eigenvalue weighted by atomic mass is 9.96. The van der Waals surface area contributed by atoms with Gasteiger partial charge in [0.15, 0.2) is 23.9 Å². The van der Waals surface area contributed by atoms with E-state index in [1.54, 1.807) is 30.5 Å². The Bertz CT molecular complexity index is 1700. The average molecular weight is 637 g/mol. The number of para-hydroxylation sites is 1. The fourth-order valence-electron chi connectivity index (χ4n) is 4.42. The van der Waals surface area contributed by atoms with E-state index in [2.05, 4.69) is 39.6 Å². The molecule has 3 aromatic carbocycles. The zero-order valence-electron chi connectivity index (χ0n) is 24.6. The number of carbonyl (C=O) groups is 1. The summed E-state index contributed by atoms with van der Waals surface area (Å²) in [5.74, 6) is 1.68. The molecule has 0 bridgehead atoms. The van der Waals surface area contributed by atoms with Gasteiger partial charge in [-0.05, 0) is 90.1 Å². The third kappa shape index (κ3) is 6.65. The maximum absolute atomic E-state index is 13.8. The number of halogens is 1. The fourth-order valence-corrected chi connectivity index (χ4v) is 4.85. The SMILES string of the molecule is CCOc1cc(C=Nn2c(-c3cc(C(C)C)c(OCC)cc3C)nc3ccccc3c2=O)c(Br)cc1OCC(=O)OC.